The van der Waals surface area contributed by atoms with E-state index in [2.05, 4.69) is 4.98 Å². The van der Waals surface area contributed by atoms with Gasteiger partial charge in [-0.2, -0.15) is 0 Å². The van der Waals surface area contributed by atoms with E-state index in [9.17, 15) is 9.59 Å². The van der Waals surface area contributed by atoms with Crippen LogP contribution < -0.4 is 5.56 Å². The van der Waals surface area contributed by atoms with Crippen molar-refractivity contribution in [2.24, 2.45) is 7.05 Å². The van der Waals surface area contributed by atoms with Gasteiger partial charge in [0.25, 0.3) is 5.56 Å². The first-order chi connectivity index (χ1) is 12.6. The van der Waals surface area contributed by atoms with E-state index in [1.165, 1.54) is 9.46 Å². The molecule has 0 radical (unpaired) electrons. The number of benzene rings is 2. The quantitative estimate of drug-likeness (QED) is 0.493. The molecule has 3 rings (SSSR count). The van der Waals surface area contributed by atoms with Crippen LogP contribution >= 0.6 is 11.8 Å². The minimum atomic E-state index is -0.304. The van der Waals surface area contributed by atoms with Gasteiger partial charge in [-0.05, 0) is 36.1 Å². The molecule has 26 heavy (non-hydrogen) atoms. The number of esters is 1. The maximum Gasteiger partial charge on any atom is 0.306 e. The molecule has 0 fully saturated rings. The summed E-state index contributed by atoms with van der Waals surface area (Å²) in [5, 5.41) is 0.579. The Balaban J connectivity index is 1.61. The summed E-state index contributed by atoms with van der Waals surface area (Å²) < 4.78 is 6.82. The highest BCUT2D eigenvalue weighted by atomic mass is 32.2. The Labute approximate surface area is 156 Å². The van der Waals surface area contributed by atoms with Crippen molar-refractivity contribution in [3.05, 3.63) is 70.3 Å². The molecule has 3 aromatic rings. The molecular formula is C20H20N2O3S. The van der Waals surface area contributed by atoms with Crippen LogP contribution in [0.25, 0.3) is 10.9 Å². The summed E-state index contributed by atoms with van der Waals surface area (Å²) in [5.74, 6) is 0.274. The van der Waals surface area contributed by atoms with E-state index in [1.807, 2.05) is 42.7 Å². The van der Waals surface area contributed by atoms with Crippen molar-refractivity contribution in [3.63, 3.8) is 0 Å². The summed E-state index contributed by atoms with van der Waals surface area (Å²) in [5.41, 5.74) is 1.49. The number of ether oxygens (including phenoxy) is 1. The lowest BCUT2D eigenvalue weighted by atomic mass is 10.2. The number of para-hydroxylation sites is 1. The molecule has 0 N–H and O–H groups in total. The highest BCUT2D eigenvalue weighted by Gasteiger charge is 2.11. The molecule has 0 unspecified atom stereocenters. The highest BCUT2D eigenvalue weighted by Crippen LogP contribution is 2.15. The number of thioether (sulfide) groups is 1. The van der Waals surface area contributed by atoms with Crippen molar-refractivity contribution in [1.29, 1.82) is 0 Å². The van der Waals surface area contributed by atoms with Gasteiger partial charge in [0.2, 0.25) is 0 Å². The molecule has 0 spiro atoms. The molecule has 0 saturated heterocycles. The third-order valence-electron chi connectivity index (χ3n) is 4.19. The maximum atomic E-state index is 12.4. The summed E-state index contributed by atoms with van der Waals surface area (Å²) in [6, 6.07) is 15.1. The average Bonchev–Trinajstić information content (AvgIpc) is 2.68. The second-order valence-corrected chi connectivity index (χ2v) is 6.80. The standard InChI is InChI=1S/C20H20N2O3S/c1-22-18(21-17-6-4-3-5-16(17)20(22)24)11-12-19(23)25-13-14-7-9-15(26-2)10-8-14/h3-10H,11-13H2,1-2H3. The molecule has 2 aromatic carbocycles. The predicted octanol–water partition coefficient (Wildman–Crippen LogP) is 3.33. The molecule has 0 aliphatic carbocycles. The normalized spacial score (nSPS) is 10.8. The Bertz CT molecular complexity index is 981. The first-order valence-corrected chi connectivity index (χ1v) is 9.54. The molecule has 0 aliphatic rings. The second kappa shape index (κ2) is 8.19. The monoisotopic (exact) mass is 368 g/mol. The van der Waals surface area contributed by atoms with Crippen LogP contribution in [0.5, 0.6) is 0 Å². The van der Waals surface area contributed by atoms with Crippen molar-refractivity contribution < 1.29 is 9.53 Å². The van der Waals surface area contributed by atoms with Gasteiger partial charge in [0.15, 0.2) is 0 Å². The van der Waals surface area contributed by atoms with Crippen LogP contribution in [0.1, 0.15) is 17.8 Å². The van der Waals surface area contributed by atoms with Crippen LogP contribution in [0, 0.1) is 0 Å². The summed E-state index contributed by atoms with van der Waals surface area (Å²) in [6.07, 6.45) is 2.56. The number of nitrogens with zero attached hydrogens (tertiary/aromatic N) is 2. The fraction of sp³-hybridized carbons (Fsp3) is 0.250. The van der Waals surface area contributed by atoms with Crippen LogP contribution in [-0.4, -0.2) is 21.8 Å². The molecule has 134 valence electrons. The van der Waals surface area contributed by atoms with Crippen LogP contribution in [0.15, 0.2) is 58.2 Å². The van der Waals surface area contributed by atoms with Gasteiger partial charge in [0, 0.05) is 18.4 Å². The van der Waals surface area contributed by atoms with Crippen LogP contribution in [0.4, 0.5) is 0 Å². The fourth-order valence-electron chi connectivity index (χ4n) is 2.66. The minimum Gasteiger partial charge on any atom is -0.461 e. The van der Waals surface area contributed by atoms with Gasteiger partial charge in [0.05, 0.1) is 17.3 Å². The van der Waals surface area contributed by atoms with Gasteiger partial charge in [0.1, 0.15) is 12.4 Å². The molecule has 5 nitrogen and oxygen atoms in total. The predicted molar refractivity (Wildman–Crippen MR) is 103 cm³/mol. The van der Waals surface area contributed by atoms with E-state index >= 15 is 0 Å². The molecule has 0 saturated carbocycles. The third-order valence-corrected chi connectivity index (χ3v) is 4.93. The first-order valence-electron chi connectivity index (χ1n) is 8.31. The summed E-state index contributed by atoms with van der Waals surface area (Å²) >= 11 is 1.67. The molecule has 0 aliphatic heterocycles. The highest BCUT2D eigenvalue weighted by molar-refractivity contribution is 7.98. The average molecular weight is 368 g/mol. The van der Waals surface area contributed by atoms with E-state index in [4.69, 9.17) is 4.74 Å². The lowest BCUT2D eigenvalue weighted by molar-refractivity contribution is -0.144. The topological polar surface area (TPSA) is 61.2 Å². The Morgan fingerprint density at radius 1 is 1.15 bits per heavy atom. The fourth-order valence-corrected chi connectivity index (χ4v) is 3.07. The number of hydrogen-bond donors (Lipinski definition) is 0. The van der Waals surface area contributed by atoms with Crippen LogP contribution in [-0.2, 0) is 29.6 Å². The Morgan fingerprint density at radius 3 is 2.62 bits per heavy atom. The van der Waals surface area contributed by atoms with E-state index < -0.39 is 0 Å². The molecule has 0 bridgehead atoms. The van der Waals surface area contributed by atoms with Gasteiger partial charge in [-0.15, -0.1) is 11.8 Å². The van der Waals surface area contributed by atoms with Gasteiger partial charge in [-0.1, -0.05) is 24.3 Å². The molecule has 1 heterocycles. The lowest BCUT2D eigenvalue weighted by Gasteiger charge is -2.09. The number of aromatic nitrogens is 2. The molecule has 0 atom stereocenters. The SMILES string of the molecule is CSc1ccc(COC(=O)CCc2nc3ccccc3c(=O)n2C)cc1. The molecule has 1 aromatic heterocycles. The largest absolute Gasteiger partial charge is 0.461 e. The second-order valence-electron chi connectivity index (χ2n) is 5.92. The summed E-state index contributed by atoms with van der Waals surface area (Å²) in [7, 11) is 1.68. The zero-order valence-corrected chi connectivity index (χ0v) is 15.6. The maximum absolute atomic E-state index is 12.4. The number of rotatable bonds is 6. The molecular weight excluding hydrogens is 348 g/mol. The van der Waals surface area contributed by atoms with E-state index in [0.29, 0.717) is 23.1 Å². The van der Waals surface area contributed by atoms with Gasteiger partial charge in [-0.25, -0.2) is 4.98 Å². The summed E-state index contributed by atoms with van der Waals surface area (Å²) in [6.45, 7) is 0.248. The first kappa shape index (κ1) is 18.2. The number of carbonyl (C=O) groups is 1. The number of hydrogen-bond acceptors (Lipinski definition) is 5. The van der Waals surface area contributed by atoms with E-state index in [-0.39, 0.29) is 24.6 Å². The van der Waals surface area contributed by atoms with Gasteiger partial charge >= 0.3 is 5.97 Å². The molecule has 6 heteroatoms. The number of carbonyl (C=O) groups excluding carboxylic acids is 1. The Morgan fingerprint density at radius 2 is 1.88 bits per heavy atom. The van der Waals surface area contributed by atoms with E-state index in [0.717, 1.165) is 5.56 Å². The zero-order valence-electron chi connectivity index (χ0n) is 14.8. The van der Waals surface area contributed by atoms with Crippen LogP contribution in [0.2, 0.25) is 0 Å². The smallest absolute Gasteiger partial charge is 0.306 e. The lowest BCUT2D eigenvalue weighted by Crippen LogP contribution is -2.23. The van der Waals surface area contributed by atoms with Crippen molar-refractivity contribution in [2.45, 2.75) is 24.3 Å². The Hall–Kier alpha value is -2.60. The zero-order chi connectivity index (χ0) is 18.5. The van der Waals surface area contributed by atoms with Gasteiger partial charge in [-0.3, -0.25) is 14.2 Å². The molecule has 0 amide bonds. The van der Waals surface area contributed by atoms with Gasteiger partial charge < -0.3 is 4.74 Å². The number of fused-ring (bicyclic) bond motifs is 1. The summed E-state index contributed by atoms with van der Waals surface area (Å²) in [4.78, 5) is 30.1. The Kier molecular flexibility index (Phi) is 5.73. The van der Waals surface area contributed by atoms with Crippen molar-refractivity contribution in [2.75, 3.05) is 6.26 Å². The number of aryl methyl sites for hydroxylation is 1. The van der Waals surface area contributed by atoms with Crippen LogP contribution in [0.3, 0.4) is 0 Å². The minimum absolute atomic E-state index is 0.104. The van der Waals surface area contributed by atoms with E-state index in [1.54, 1.807) is 30.9 Å². The van der Waals surface area contributed by atoms with Crippen molar-refractivity contribution >= 4 is 28.6 Å². The van der Waals surface area contributed by atoms with Crippen molar-refractivity contribution in [3.8, 4) is 0 Å². The van der Waals surface area contributed by atoms with Crippen molar-refractivity contribution in [1.82, 2.24) is 9.55 Å². The third kappa shape index (κ3) is 4.14.